The van der Waals surface area contributed by atoms with E-state index in [1.54, 1.807) is 0 Å². The molecule has 0 aromatic heterocycles. The number of nitrogens with two attached hydrogens (primary N) is 1. The molecule has 0 amide bonds. The summed E-state index contributed by atoms with van der Waals surface area (Å²) >= 11 is 0. The maximum atomic E-state index is 5.88. The number of hydrogen-bond acceptors (Lipinski definition) is 1. The fourth-order valence-corrected chi connectivity index (χ4v) is 4.35. The maximum absolute atomic E-state index is 5.88. The van der Waals surface area contributed by atoms with Crippen LogP contribution in [0, 0.1) is 0 Å². The number of rotatable bonds is 7. The van der Waals surface area contributed by atoms with Gasteiger partial charge in [-0.05, 0) is 6.17 Å². The second-order valence-corrected chi connectivity index (χ2v) is 7.30. The molecule has 0 aliphatic heterocycles. The molecule has 1 aromatic carbocycles. The number of hydrogen-bond donors (Lipinski definition) is 1. The van der Waals surface area contributed by atoms with Crippen LogP contribution in [0.15, 0.2) is 30.3 Å². The van der Waals surface area contributed by atoms with E-state index in [0.717, 1.165) is 6.17 Å². The lowest BCUT2D eigenvalue weighted by Gasteiger charge is -2.12. The first-order valence-corrected chi connectivity index (χ1v) is 8.34. The molecule has 0 radical (unpaired) electrons. The van der Waals surface area contributed by atoms with Crippen LogP contribution in [-0.2, 0) is 0 Å². The van der Waals surface area contributed by atoms with Crippen molar-refractivity contribution >= 4 is 14.0 Å². The van der Waals surface area contributed by atoms with Gasteiger partial charge in [0.1, 0.15) is 0 Å². The van der Waals surface area contributed by atoms with Crippen molar-refractivity contribution in [3.63, 3.8) is 0 Å². The summed E-state index contributed by atoms with van der Waals surface area (Å²) in [5, 5.41) is 1.54. The molecule has 1 unspecified atom stereocenters. The molecular weight excluding hydrogens is 198 g/mol. The van der Waals surface area contributed by atoms with Crippen LogP contribution in [0.25, 0.3) is 0 Å². The van der Waals surface area contributed by atoms with Crippen LogP contribution in [0.1, 0.15) is 32.6 Å². The molecule has 2 N–H and O–H groups in total. The van der Waals surface area contributed by atoms with Crippen molar-refractivity contribution in [2.24, 2.45) is 5.73 Å². The highest BCUT2D eigenvalue weighted by molar-refractivity contribution is 6.73. The van der Waals surface area contributed by atoms with Gasteiger partial charge in [0.25, 0.3) is 0 Å². The molecule has 0 saturated carbocycles. The zero-order valence-electron chi connectivity index (χ0n) is 9.78. The van der Waals surface area contributed by atoms with Crippen LogP contribution in [0.3, 0.4) is 0 Å². The fourth-order valence-electron chi connectivity index (χ4n) is 1.96. The topological polar surface area (TPSA) is 26.0 Å². The van der Waals surface area contributed by atoms with Gasteiger partial charge in [-0.25, -0.2) is 0 Å². The average molecular weight is 221 g/mol. The van der Waals surface area contributed by atoms with Crippen LogP contribution < -0.4 is 10.9 Å². The molecule has 1 nitrogen and oxygen atoms in total. The molecular formula is C13H23NSi. The van der Waals surface area contributed by atoms with E-state index in [9.17, 15) is 0 Å². The minimum absolute atomic E-state index is 0.836. The second-order valence-electron chi connectivity index (χ2n) is 4.19. The molecule has 84 valence electrons. The SMILES string of the molecule is CCCCCC[SiH](CN)c1ccccc1. The van der Waals surface area contributed by atoms with Crippen molar-refractivity contribution in [2.45, 2.75) is 38.7 Å². The summed E-state index contributed by atoms with van der Waals surface area (Å²) < 4.78 is 0. The van der Waals surface area contributed by atoms with E-state index < -0.39 is 8.80 Å². The monoisotopic (exact) mass is 221 g/mol. The van der Waals surface area contributed by atoms with Crippen molar-refractivity contribution in [2.75, 3.05) is 6.17 Å². The van der Waals surface area contributed by atoms with Crippen LogP contribution in [0.4, 0.5) is 0 Å². The van der Waals surface area contributed by atoms with Gasteiger partial charge in [0.2, 0.25) is 0 Å². The standard InChI is InChI=1S/C13H23NSi/c1-2-3-4-8-11-15(12-14)13-9-6-5-7-10-13/h5-7,9-10,15H,2-4,8,11-12,14H2,1H3. The molecule has 1 atom stereocenters. The lowest BCUT2D eigenvalue weighted by Crippen LogP contribution is -2.37. The van der Waals surface area contributed by atoms with Gasteiger partial charge >= 0.3 is 0 Å². The third kappa shape index (κ3) is 4.63. The van der Waals surface area contributed by atoms with E-state index >= 15 is 0 Å². The summed E-state index contributed by atoms with van der Waals surface area (Å²) in [6.07, 6.45) is 6.36. The van der Waals surface area contributed by atoms with Crippen molar-refractivity contribution in [1.29, 1.82) is 0 Å². The van der Waals surface area contributed by atoms with Gasteiger partial charge in [0.05, 0.1) is 8.80 Å². The van der Waals surface area contributed by atoms with E-state index in [1.165, 1.54) is 36.9 Å². The van der Waals surface area contributed by atoms with Gasteiger partial charge in [-0.1, -0.05) is 74.2 Å². The molecule has 0 aliphatic rings. The van der Waals surface area contributed by atoms with Crippen LogP contribution >= 0.6 is 0 Å². The summed E-state index contributed by atoms with van der Waals surface area (Å²) in [6.45, 7) is 2.26. The summed E-state index contributed by atoms with van der Waals surface area (Å²) in [5.74, 6) is 0. The van der Waals surface area contributed by atoms with Crippen molar-refractivity contribution in [3.05, 3.63) is 30.3 Å². The molecule has 0 spiro atoms. The van der Waals surface area contributed by atoms with E-state index in [2.05, 4.69) is 37.3 Å². The molecule has 0 saturated heterocycles. The molecule has 0 bridgehead atoms. The quantitative estimate of drug-likeness (QED) is 0.554. The Kier molecular flexibility index (Phi) is 6.36. The summed E-state index contributed by atoms with van der Waals surface area (Å²) in [6, 6.07) is 12.2. The minimum atomic E-state index is -0.836. The zero-order chi connectivity index (χ0) is 10.9. The lowest BCUT2D eigenvalue weighted by atomic mass is 10.2. The highest BCUT2D eigenvalue weighted by Gasteiger charge is 2.10. The Bertz CT molecular complexity index is 248. The summed E-state index contributed by atoms with van der Waals surface area (Å²) in [7, 11) is -0.836. The first-order valence-electron chi connectivity index (χ1n) is 6.13. The van der Waals surface area contributed by atoms with Gasteiger partial charge in [-0.3, -0.25) is 0 Å². The van der Waals surface area contributed by atoms with Crippen LogP contribution in [0.5, 0.6) is 0 Å². The number of benzene rings is 1. The molecule has 1 aromatic rings. The van der Waals surface area contributed by atoms with Gasteiger partial charge in [0.15, 0.2) is 0 Å². The first-order chi connectivity index (χ1) is 7.38. The predicted molar refractivity (Wildman–Crippen MR) is 71.2 cm³/mol. The summed E-state index contributed by atoms with van der Waals surface area (Å²) in [4.78, 5) is 0. The Morgan fingerprint density at radius 3 is 2.40 bits per heavy atom. The van der Waals surface area contributed by atoms with E-state index in [1.807, 2.05) is 0 Å². The van der Waals surface area contributed by atoms with Gasteiger partial charge in [-0.15, -0.1) is 0 Å². The van der Waals surface area contributed by atoms with Crippen molar-refractivity contribution < 1.29 is 0 Å². The van der Waals surface area contributed by atoms with Crippen LogP contribution in [-0.4, -0.2) is 15.0 Å². The Morgan fingerprint density at radius 2 is 1.80 bits per heavy atom. The van der Waals surface area contributed by atoms with Crippen molar-refractivity contribution in [1.82, 2.24) is 0 Å². The van der Waals surface area contributed by atoms with Gasteiger partial charge in [0, 0.05) is 0 Å². The molecule has 15 heavy (non-hydrogen) atoms. The molecule has 0 fully saturated rings. The van der Waals surface area contributed by atoms with E-state index in [0.29, 0.717) is 0 Å². The zero-order valence-corrected chi connectivity index (χ0v) is 10.9. The minimum Gasteiger partial charge on any atom is -0.333 e. The fraction of sp³-hybridized carbons (Fsp3) is 0.538. The molecule has 1 rings (SSSR count). The largest absolute Gasteiger partial charge is 0.333 e. The highest BCUT2D eigenvalue weighted by Crippen LogP contribution is 2.05. The van der Waals surface area contributed by atoms with Crippen LogP contribution in [0.2, 0.25) is 6.04 Å². The summed E-state index contributed by atoms with van der Waals surface area (Å²) in [5.41, 5.74) is 5.88. The Morgan fingerprint density at radius 1 is 1.07 bits per heavy atom. The van der Waals surface area contributed by atoms with Gasteiger partial charge < -0.3 is 5.73 Å². The molecule has 0 heterocycles. The predicted octanol–water partition coefficient (Wildman–Crippen LogP) is 2.20. The first kappa shape index (κ1) is 12.5. The van der Waals surface area contributed by atoms with E-state index in [4.69, 9.17) is 5.73 Å². The third-order valence-electron chi connectivity index (χ3n) is 2.96. The maximum Gasteiger partial charge on any atom is 0.0850 e. The molecule has 0 aliphatic carbocycles. The smallest absolute Gasteiger partial charge is 0.0850 e. The lowest BCUT2D eigenvalue weighted by molar-refractivity contribution is 0.698. The highest BCUT2D eigenvalue weighted by atomic mass is 28.3. The Balaban J connectivity index is 2.36. The number of unbranched alkanes of at least 4 members (excludes halogenated alkanes) is 3. The second kappa shape index (κ2) is 7.66. The van der Waals surface area contributed by atoms with E-state index in [-0.39, 0.29) is 0 Å². The average Bonchev–Trinajstić information content (AvgIpc) is 2.30. The third-order valence-corrected chi connectivity index (χ3v) is 5.96. The Labute approximate surface area is 95.3 Å². The molecule has 2 heteroatoms. The Hall–Kier alpha value is -0.603. The van der Waals surface area contributed by atoms with Gasteiger partial charge in [-0.2, -0.15) is 0 Å². The normalized spacial score (nSPS) is 12.7. The van der Waals surface area contributed by atoms with Crippen molar-refractivity contribution in [3.8, 4) is 0 Å².